The van der Waals surface area contributed by atoms with E-state index in [-0.39, 0.29) is 24.9 Å². The molecule has 0 fully saturated rings. The van der Waals surface area contributed by atoms with Gasteiger partial charge in [-0.2, -0.15) is 25.3 Å². The average molecular weight is 322 g/mol. The zero-order valence-electron chi connectivity index (χ0n) is 11.9. The number of hydrogen-bond acceptors (Lipinski definition) is 7. The van der Waals surface area contributed by atoms with Crippen LogP contribution in [-0.2, 0) is 12.6 Å². The predicted octanol–water partition coefficient (Wildman–Crippen LogP) is 0.226. The second-order valence-electron chi connectivity index (χ2n) is 5.81. The minimum Gasteiger partial charge on any atom is -0.863 e. The van der Waals surface area contributed by atoms with Crippen molar-refractivity contribution in [3.05, 3.63) is 0 Å². The smallest absolute Gasteiger partial charge is 0.0538 e. The molecule has 1 atom stereocenters. The molecule has 0 rings (SSSR count). The summed E-state index contributed by atoms with van der Waals surface area (Å²) >= 11 is 13.5. The molecule has 0 bridgehead atoms. The summed E-state index contributed by atoms with van der Waals surface area (Å²) in [5, 5.41) is 23.2. The van der Waals surface area contributed by atoms with Crippen LogP contribution in [0.25, 0.3) is 0 Å². The largest absolute Gasteiger partial charge is 0.863 e. The topological polar surface area (TPSA) is 70.8 Å². The lowest BCUT2D eigenvalue weighted by atomic mass is 10.1. The second kappa shape index (κ2) is 6.63. The molecule has 0 aromatic rings. The maximum atomic E-state index is 11.6. The fourth-order valence-electron chi connectivity index (χ4n) is 0.918. The molecule has 0 amide bonds. The zero-order chi connectivity index (χ0) is 15.5. The molecule has 112 valence electrons. The van der Waals surface area contributed by atoms with Gasteiger partial charge in [0.1, 0.15) is 0 Å². The van der Waals surface area contributed by atoms with E-state index in [1.807, 2.05) is 0 Å². The van der Waals surface area contributed by atoms with Gasteiger partial charge in [0, 0.05) is 9.49 Å². The van der Waals surface area contributed by atoms with Gasteiger partial charge in [-0.1, -0.05) is 19.7 Å². The first-order chi connectivity index (χ1) is 8.26. The Morgan fingerprint density at radius 1 is 0.947 bits per heavy atom. The van der Waals surface area contributed by atoms with Gasteiger partial charge in [0.25, 0.3) is 0 Å². The number of hydrogen-bond donors (Lipinski definition) is 2. The maximum absolute atomic E-state index is 11.6. The Morgan fingerprint density at radius 3 is 1.63 bits per heavy atom. The summed E-state index contributed by atoms with van der Waals surface area (Å²) < 4.78 is -2.38. The van der Waals surface area contributed by atoms with Crippen LogP contribution in [0.1, 0.15) is 34.6 Å². The van der Waals surface area contributed by atoms with E-state index in [1.165, 1.54) is 0 Å². The van der Waals surface area contributed by atoms with Crippen LogP contribution in [0.5, 0.6) is 0 Å². The maximum Gasteiger partial charge on any atom is 0.0538 e. The van der Waals surface area contributed by atoms with E-state index in [4.69, 9.17) is 12.6 Å². The summed E-state index contributed by atoms with van der Waals surface area (Å²) in [5.74, 6) is -0.672. The summed E-state index contributed by atoms with van der Waals surface area (Å²) in [7, 11) is 0. The highest BCUT2D eigenvalue weighted by molar-refractivity contribution is 7.82. The molecule has 0 aliphatic rings. The lowest BCUT2D eigenvalue weighted by Crippen LogP contribution is -2.41. The summed E-state index contributed by atoms with van der Waals surface area (Å²) in [4.78, 5) is 7.82. The molecule has 0 aromatic carbocycles. The Morgan fingerprint density at radius 2 is 1.32 bits per heavy atom. The van der Waals surface area contributed by atoms with Gasteiger partial charge in [0.2, 0.25) is 0 Å². The first-order valence-corrected chi connectivity index (χ1v) is 7.15. The molecular weight excluding hydrogens is 300 g/mol. The molecule has 0 spiro atoms. The van der Waals surface area contributed by atoms with Gasteiger partial charge in [0.05, 0.1) is 13.1 Å². The highest BCUT2D eigenvalue weighted by Gasteiger charge is 2.19. The van der Waals surface area contributed by atoms with E-state index >= 15 is 0 Å². The van der Waals surface area contributed by atoms with E-state index in [9.17, 15) is 10.2 Å². The van der Waals surface area contributed by atoms with Gasteiger partial charge < -0.3 is 32.8 Å². The van der Waals surface area contributed by atoms with Crippen molar-refractivity contribution in [1.29, 1.82) is 0 Å². The van der Waals surface area contributed by atoms with Gasteiger partial charge in [0.15, 0.2) is 0 Å². The van der Waals surface area contributed by atoms with Crippen LogP contribution in [-0.4, -0.2) is 39.1 Å². The van der Waals surface area contributed by atoms with Crippen LogP contribution in [0.3, 0.4) is 0 Å². The summed E-state index contributed by atoms with van der Waals surface area (Å²) in [5.41, 5.74) is 0. The number of aliphatic imine (C=N–C) groups is 2. The molecular formula is C12H21N2O2S3-3. The highest BCUT2D eigenvalue weighted by Crippen LogP contribution is 2.17. The molecule has 1 unspecified atom stereocenters. The van der Waals surface area contributed by atoms with Gasteiger partial charge in [-0.25, -0.2) is 0 Å². The van der Waals surface area contributed by atoms with Gasteiger partial charge in [-0.05, 0) is 26.7 Å². The van der Waals surface area contributed by atoms with Crippen LogP contribution in [0.2, 0.25) is 0 Å². The lowest BCUT2D eigenvalue weighted by molar-refractivity contribution is -0.221. The monoisotopic (exact) mass is 321 g/mol. The number of rotatable bonds is 6. The zero-order valence-corrected chi connectivity index (χ0v) is 14.5. The van der Waals surface area contributed by atoms with Crippen molar-refractivity contribution < 1.29 is 10.2 Å². The van der Waals surface area contributed by atoms with Crippen LogP contribution >= 0.6 is 25.3 Å². The molecule has 0 saturated heterocycles. The number of nitrogens with zero attached hydrogens (tertiary/aromatic N) is 2. The quantitative estimate of drug-likeness (QED) is 0.318. The SMILES string of the molecule is CC(S)(CN=C([O-])C(C)(C)[S-])CN=C([O-])C(C)(C)S. The average Bonchev–Trinajstić information content (AvgIpc) is 2.20. The molecule has 0 aromatic heterocycles. The minimum absolute atomic E-state index is 0.165. The molecule has 0 aliphatic heterocycles. The van der Waals surface area contributed by atoms with Crippen LogP contribution in [0.15, 0.2) is 9.98 Å². The Labute approximate surface area is 132 Å². The molecule has 0 N–H and O–H groups in total. The van der Waals surface area contributed by atoms with Crippen molar-refractivity contribution in [1.82, 2.24) is 0 Å². The van der Waals surface area contributed by atoms with E-state index in [2.05, 4.69) is 35.2 Å². The van der Waals surface area contributed by atoms with Crippen LogP contribution in [0, 0.1) is 0 Å². The third-order valence-corrected chi connectivity index (χ3v) is 2.81. The Hall–Kier alpha value is -0.0100. The van der Waals surface area contributed by atoms with Gasteiger partial charge in [-0.3, -0.25) is 0 Å². The highest BCUT2D eigenvalue weighted by atomic mass is 32.1. The fraction of sp³-hybridized carbons (Fsp3) is 0.833. The molecule has 0 heterocycles. The standard InChI is InChI=1S/C12H24N2O2S3/c1-10(2,17)8(15)13-6-12(5,19)7-14-9(16)11(3,4)18/h17-19H,6-7H2,1-5H3,(H,13,15)(H,14,16)/p-3. The Kier molecular flexibility index (Phi) is 6.62. The van der Waals surface area contributed by atoms with E-state index in [0.29, 0.717) is 0 Å². The van der Waals surface area contributed by atoms with E-state index < -0.39 is 14.2 Å². The van der Waals surface area contributed by atoms with E-state index in [0.717, 1.165) is 0 Å². The van der Waals surface area contributed by atoms with Crippen LogP contribution < -0.4 is 10.2 Å². The van der Waals surface area contributed by atoms with Crippen molar-refractivity contribution in [2.24, 2.45) is 9.98 Å². The molecule has 19 heavy (non-hydrogen) atoms. The first-order valence-electron chi connectivity index (χ1n) is 5.85. The molecule has 7 heteroatoms. The predicted molar refractivity (Wildman–Crippen MR) is 86.5 cm³/mol. The number of thiol groups is 2. The van der Waals surface area contributed by atoms with Crippen molar-refractivity contribution in [2.45, 2.75) is 48.9 Å². The first kappa shape index (κ1) is 19.0. The van der Waals surface area contributed by atoms with Gasteiger partial charge >= 0.3 is 0 Å². The fourth-order valence-corrected chi connectivity index (χ4v) is 1.19. The molecule has 0 aliphatic carbocycles. The van der Waals surface area contributed by atoms with Crippen molar-refractivity contribution in [3.63, 3.8) is 0 Å². The summed E-state index contributed by atoms with van der Waals surface area (Å²) in [6, 6.07) is 0. The van der Waals surface area contributed by atoms with Crippen molar-refractivity contribution >= 4 is 49.7 Å². The molecule has 0 saturated carbocycles. The van der Waals surface area contributed by atoms with Crippen molar-refractivity contribution in [3.8, 4) is 0 Å². The van der Waals surface area contributed by atoms with Crippen molar-refractivity contribution in [2.75, 3.05) is 13.1 Å². The Bertz CT molecular complexity index is 332. The summed E-state index contributed by atoms with van der Waals surface area (Å²) in [6.07, 6.45) is 0. The van der Waals surface area contributed by atoms with Crippen LogP contribution in [0.4, 0.5) is 0 Å². The third kappa shape index (κ3) is 7.99. The summed E-state index contributed by atoms with van der Waals surface area (Å²) in [6.45, 7) is 8.71. The normalized spacial score (nSPS) is 18.3. The molecule has 0 radical (unpaired) electrons. The van der Waals surface area contributed by atoms with Gasteiger partial charge in [-0.15, -0.1) is 4.75 Å². The van der Waals surface area contributed by atoms with E-state index in [1.54, 1.807) is 34.6 Å². The third-order valence-electron chi connectivity index (χ3n) is 2.16. The lowest BCUT2D eigenvalue weighted by Gasteiger charge is -2.38. The second-order valence-corrected chi connectivity index (χ2v) is 9.03. The minimum atomic E-state index is -0.913. The Balaban J connectivity index is 4.68. The molecule has 4 nitrogen and oxygen atoms in total.